The number of hydrogen-bond donors (Lipinski definition) is 0. The van der Waals surface area contributed by atoms with Crippen molar-refractivity contribution in [3.8, 4) is 0 Å². The smallest absolute Gasteiger partial charge is 0.345 e. The summed E-state index contributed by atoms with van der Waals surface area (Å²) < 4.78 is 36.4. The molecule has 1 saturated heterocycles. The Kier molecular flexibility index (Phi) is 3.12. The molecule has 112 valence electrons. The fraction of sp³-hybridized carbons (Fsp3) is 0.846. The first kappa shape index (κ1) is 14.2. The van der Waals surface area contributed by atoms with Gasteiger partial charge in [-0.05, 0) is 39.0 Å². The molecule has 0 spiro atoms. The summed E-state index contributed by atoms with van der Waals surface area (Å²) in [6.45, 7) is 3.43. The molecule has 2 aliphatic heterocycles. The number of alkyl halides is 3. The Balaban J connectivity index is 1.78. The second kappa shape index (κ2) is 4.39. The average Bonchev–Trinajstić information content (AvgIpc) is 2.91. The summed E-state index contributed by atoms with van der Waals surface area (Å²) in [5.74, 6) is -0.0577. The molecule has 0 N–H and O–H groups in total. The first-order chi connectivity index (χ1) is 9.20. The van der Waals surface area contributed by atoms with Gasteiger partial charge in [0.2, 0.25) is 0 Å². The van der Waals surface area contributed by atoms with Gasteiger partial charge < -0.3 is 4.90 Å². The first-order valence-corrected chi connectivity index (χ1v) is 7.68. The molecule has 0 aromatic heterocycles. The van der Waals surface area contributed by atoms with Crippen LogP contribution in [0.4, 0.5) is 13.2 Å². The van der Waals surface area contributed by atoms with Gasteiger partial charge >= 0.3 is 6.18 Å². The Morgan fingerprint density at radius 3 is 2.70 bits per heavy atom. The summed E-state index contributed by atoms with van der Waals surface area (Å²) in [4.78, 5) is 17.9. The third-order valence-electron chi connectivity index (χ3n) is 4.68. The van der Waals surface area contributed by atoms with Crippen LogP contribution in [0, 0.1) is 5.92 Å². The highest BCUT2D eigenvalue weighted by atomic mass is 32.2. The predicted molar refractivity (Wildman–Crippen MR) is 71.5 cm³/mol. The fourth-order valence-corrected chi connectivity index (χ4v) is 4.97. The lowest BCUT2D eigenvalue weighted by Crippen LogP contribution is -2.42. The molecule has 0 radical (unpaired) electrons. The van der Waals surface area contributed by atoms with Crippen molar-refractivity contribution in [2.45, 2.75) is 62.5 Å². The van der Waals surface area contributed by atoms with Gasteiger partial charge in [0.1, 0.15) is 4.75 Å². The van der Waals surface area contributed by atoms with Crippen LogP contribution in [0.25, 0.3) is 0 Å². The molecule has 2 bridgehead atoms. The lowest BCUT2D eigenvalue weighted by Gasteiger charge is -2.35. The van der Waals surface area contributed by atoms with Crippen molar-refractivity contribution in [2.24, 2.45) is 10.9 Å². The number of amidine groups is 1. The number of likely N-dealkylation sites (tertiary alicyclic amines) is 1. The summed E-state index contributed by atoms with van der Waals surface area (Å²) >= 11 is 0.995. The number of amides is 1. The van der Waals surface area contributed by atoms with E-state index in [-0.39, 0.29) is 6.04 Å². The van der Waals surface area contributed by atoms with Gasteiger partial charge in [0.15, 0.2) is 5.17 Å². The topological polar surface area (TPSA) is 32.7 Å². The maximum absolute atomic E-state index is 12.6. The molecular weight excluding hydrogens is 289 g/mol. The zero-order valence-corrected chi connectivity index (χ0v) is 12.2. The van der Waals surface area contributed by atoms with Crippen LogP contribution in [0.5, 0.6) is 0 Å². The lowest BCUT2D eigenvalue weighted by atomic mass is 10.0. The summed E-state index contributed by atoms with van der Waals surface area (Å²) in [5.41, 5.74) is 0. The molecule has 3 rings (SSSR count). The van der Waals surface area contributed by atoms with Crippen LogP contribution in [0.2, 0.25) is 0 Å². The summed E-state index contributed by atoms with van der Waals surface area (Å²) in [5, 5.41) is 0.501. The third kappa shape index (κ3) is 2.23. The van der Waals surface area contributed by atoms with E-state index < -0.39 is 23.3 Å². The van der Waals surface area contributed by atoms with Crippen molar-refractivity contribution in [3.05, 3.63) is 0 Å². The molecule has 2 heterocycles. The molecule has 1 amide bonds. The summed E-state index contributed by atoms with van der Waals surface area (Å²) in [6.07, 6.45) is -2.16. The van der Waals surface area contributed by atoms with E-state index in [2.05, 4.69) is 16.8 Å². The van der Waals surface area contributed by atoms with Crippen LogP contribution in [-0.4, -0.2) is 39.0 Å². The van der Waals surface area contributed by atoms with Crippen molar-refractivity contribution in [2.75, 3.05) is 0 Å². The number of fused-ring (bicyclic) bond motifs is 2. The van der Waals surface area contributed by atoms with Crippen molar-refractivity contribution in [3.63, 3.8) is 0 Å². The number of rotatable bonds is 1. The summed E-state index contributed by atoms with van der Waals surface area (Å²) in [7, 11) is 0. The SMILES string of the molecule is C[C@@H]1[C@@H]2CCC(C2)N1C1=NC(=O)C(C)(CC(F)(F)F)S1. The minimum absolute atomic E-state index is 0.279. The molecule has 1 saturated carbocycles. The minimum atomic E-state index is -4.35. The highest BCUT2D eigenvalue weighted by Gasteiger charge is 2.53. The Morgan fingerprint density at radius 2 is 2.15 bits per heavy atom. The van der Waals surface area contributed by atoms with E-state index in [4.69, 9.17) is 0 Å². The third-order valence-corrected chi connectivity index (χ3v) is 5.94. The van der Waals surface area contributed by atoms with Gasteiger partial charge in [-0.15, -0.1) is 0 Å². The van der Waals surface area contributed by atoms with Gasteiger partial charge in [-0.3, -0.25) is 4.79 Å². The number of thioether (sulfide) groups is 1. The van der Waals surface area contributed by atoms with Gasteiger partial charge in [0, 0.05) is 12.1 Å². The van der Waals surface area contributed by atoms with E-state index in [9.17, 15) is 18.0 Å². The van der Waals surface area contributed by atoms with Crippen molar-refractivity contribution >= 4 is 22.8 Å². The molecule has 20 heavy (non-hydrogen) atoms. The molecule has 1 aliphatic carbocycles. The van der Waals surface area contributed by atoms with E-state index in [1.807, 2.05) is 0 Å². The van der Waals surface area contributed by atoms with Crippen molar-refractivity contribution in [1.82, 2.24) is 4.90 Å². The predicted octanol–water partition coefficient (Wildman–Crippen LogP) is 3.20. The van der Waals surface area contributed by atoms with E-state index in [1.165, 1.54) is 13.3 Å². The standard InChI is InChI=1S/C13H17F3N2OS/c1-7-8-3-4-9(5-8)18(7)11-17-10(19)12(2,20-11)6-13(14,15)16/h7-9H,3-6H2,1-2H3/t7-,8-,9?,12?/m1/s1. The lowest BCUT2D eigenvalue weighted by molar-refractivity contribution is -0.147. The molecule has 0 aromatic carbocycles. The van der Waals surface area contributed by atoms with Crippen LogP contribution < -0.4 is 0 Å². The second-order valence-electron chi connectivity index (χ2n) is 6.20. The molecular formula is C13H17F3N2OS. The van der Waals surface area contributed by atoms with E-state index in [1.54, 1.807) is 0 Å². The zero-order valence-electron chi connectivity index (χ0n) is 11.4. The molecule has 3 aliphatic rings. The number of hydrogen-bond acceptors (Lipinski definition) is 3. The zero-order chi connectivity index (χ0) is 14.7. The number of carbonyl (C=O) groups is 1. The van der Waals surface area contributed by atoms with Crippen LogP contribution >= 0.6 is 11.8 Å². The Hall–Kier alpha value is -0.720. The first-order valence-electron chi connectivity index (χ1n) is 6.87. The maximum atomic E-state index is 12.6. The van der Waals surface area contributed by atoms with Gasteiger partial charge in [0.25, 0.3) is 5.91 Å². The molecule has 2 fully saturated rings. The van der Waals surface area contributed by atoms with Crippen molar-refractivity contribution in [1.29, 1.82) is 0 Å². The van der Waals surface area contributed by atoms with Crippen LogP contribution in [-0.2, 0) is 4.79 Å². The van der Waals surface area contributed by atoms with E-state index in [0.29, 0.717) is 17.1 Å². The summed E-state index contributed by atoms with van der Waals surface area (Å²) in [6, 6.07) is 0.628. The van der Waals surface area contributed by atoms with Gasteiger partial charge in [-0.25, -0.2) is 0 Å². The van der Waals surface area contributed by atoms with Crippen LogP contribution in [0.3, 0.4) is 0 Å². The largest absolute Gasteiger partial charge is 0.390 e. The van der Waals surface area contributed by atoms with Gasteiger partial charge in [-0.2, -0.15) is 18.2 Å². The Morgan fingerprint density at radius 1 is 1.45 bits per heavy atom. The van der Waals surface area contributed by atoms with Crippen LogP contribution in [0.1, 0.15) is 39.5 Å². The maximum Gasteiger partial charge on any atom is 0.390 e. The Bertz CT molecular complexity index is 477. The number of carbonyl (C=O) groups excluding carboxylic acids is 1. The number of aliphatic imine (C=N–C) groups is 1. The van der Waals surface area contributed by atoms with Crippen molar-refractivity contribution < 1.29 is 18.0 Å². The minimum Gasteiger partial charge on any atom is -0.345 e. The van der Waals surface area contributed by atoms with Gasteiger partial charge in [-0.1, -0.05) is 11.8 Å². The average molecular weight is 306 g/mol. The molecule has 3 nitrogen and oxygen atoms in total. The molecule has 2 unspecified atom stereocenters. The fourth-order valence-electron chi connectivity index (χ4n) is 3.65. The van der Waals surface area contributed by atoms with Crippen LogP contribution in [0.15, 0.2) is 4.99 Å². The number of halogens is 3. The highest BCUT2D eigenvalue weighted by molar-refractivity contribution is 8.16. The van der Waals surface area contributed by atoms with E-state index >= 15 is 0 Å². The normalized spacial score (nSPS) is 40.6. The quantitative estimate of drug-likeness (QED) is 0.746. The van der Waals surface area contributed by atoms with Gasteiger partial charge in [0.05, 0.1) is 6.42 Å². The van der Waals surface area contributed by atoms with E-state index in [0.717, 1.165) is 24.6 Å². The number of nitrogens with zero attached hydrogens (tertiary/aromatic N) is 2. The number of piperidine rings is 1. The molecule has 4 atom stereocenters. The Labute approximate surface area is 120 Å². The molecule has 0 aromatic rings. The molecule has 7 heteroatoms. The second-order valence-corrected chi connectivity index (χ2v) is 7.67. The monoisotopic (exact) mass is 306 g/mol. The highest BCUT2D eigenvalue weighted by Crippen LogP contribution is 2.48.